The van der Waals surface area contributed by atoms with Crippen LogP contribution in [0, 0.1) is 0 Å². The van der Waals surface area contributed by atoms with Crippen molar-refractivity contribution in [2.75, 3.05) is 26.9 Å². The van der Waals surface area contributed by atoms with Gasteiger partial charge < -0.3 is 19.5 Å². The first-order chi connectivity index (χ1) is 12.6. The summed E-state index contributed by atoms with van der Waals surface area (Å²) >= 11 is 9.65. The van der Waals surface area contributed by atoms with E-state index in [0.29, 0.717) is 24.0 Å². The maximum atomic E-state index is 6.04. The fraction of sp³-hybridized carbons (Fsp3) is 0.400. The molecule has 0 unspecified atom stereocenters. The van der Waals surface area contributed by atoms with Crippen molar-refractivity contribution < 1.29 is 14.2 Å². The zero-order valence-corrected chi connectivity index (χ0v) is 17.5. The number of halogens is 2. The van der Waals surface area contributed by atoms with E-state index in [1.54, 1.807) is 7.11 Å². The summed E-state index contributed by atoms with van der Waals surface area (Å²) < 4.78 is 17.7. The number of benzene rings is 2. The van der Waals surface area contributed by atoms with Gasteiger partial charge in [0.15, 0.2) is 11.5 Å². The summed E-state index contributed by atoms with van der Waals surface area (Å²) in [6.45, 7) is 5.39. The average Bonchev–Trinajstić information content (AvgIpc) is 2.61. The smallest absolute Gasteiger partial charge is 0.175 e. The molecule has 0 aromatic heterocycles. The van der Waals surface area contributed by atoms with E-state index in [1.165, 1.54) is 0 Å². The Labute approximate surface area is 168 Å². The third-order valence-corrected chi connectivity index (χ3v) is 4.50. The number of hydrogen-bond donors (Lipinski definition) is 1. The zero-order valence-electron chi connectivity index (χ0n) is 15.2. The highest BCUT2D eigenvalue weighted by atomic mass is 79.9. The Morgan fingerprint density at radius 1 is 1.12 bits per heavy atom. The summed E-state index contributed by atoms with van der Waals surface area (Å²) in [4.78, 5) is 0. The highest BCUT2D eigenvalue weighted by Gasteiger charge is 2.13. The van der Waals surface area contributed by atoms with Crippen LogP contribution >= 0.6 is 27.5 Å². The second-order valence-electron chi connectivity index (χ2n) is 5.78. The van der Waals surface area contributed by atoms with E-state index in [1.807, 2.05) is 37.3 Å². The van der Waals surface area contributed by atoms with Crippen molar-refractivity contribution in [1.82, 2.24) is 5.32 Å². The minimum absolute atomic E-state index is 0.424. The Morgan fingerprint density at radius 3 is 2.69 bits per heavy atom. The molecule has 0 heterocycles. The molecule has 0 radical (unpaired) electrons. The lowest BCUT2D eigenvalue weighted by Crippen LogP contribution is -2.16. The maximum Gasteiger partial charge on any atom is 0.175 e. The average molecular weight is 443 g/mol. The fourth-order valence-electron chi connectivity index (χ4n) is 2.48. The van der Waals surface area contributed by atoms with Crippen LogP contribution in [0.5, 0.6) is 11.5 Å². The molecule has 1 N–H and O–H groups in total. The second kappa shape index (κ2) is 11.4. The zero-order chi connectivity index (χ0) is 18.8. The van der Waals surface area contributed by atoms with Crippen LogP contribution in [0.1, 0.15) is 24.5 Å². The number of nitrogens with one attached hydrogen (secondary N) is 1. The third kappa shape index (κ3) is 6.80. The highest BCUT2D eigenvalue weighted by molar-refractivity contribution is 9.10. The predicted octanol–water partition coefficient (Wildman–Crippen LogP) is 5.21. The molecule has 26 heavy (non-hydrogen) atoms. The molecular formula is C20H25BrClNO3. The minimum Gasteiger partial charge on any atom is -0.490 e. The van der Waals surface area contributed by atoms with E-state index < -0.39 is 0 Å². The van der Waals surface area contributed by atoms with E-state index in [9.17, 15) is 0 Å². The molecule has 6 heteroatoms. The topological polar surface area (TPSA) is 39.7 Å². The van der Waals surface area contributed by atoms with E-state index in [-0.39, 0.29) is 0 Å². The summed E-state index contributed by atoms with van der Waals surface area (Å²) in [5, 5.41) is 4.10. The number of ether oxygens (including phenoxy) is 3. The van der Waals surface area contributed by atoms with Crippen molar-refractivity contribution in [3.05, 3.63) is 57.0 Å². The lowest BCUT2D eigenvalue weighted by molar-refractivity contribution is 0.194. The Balaban J connectivity index is 2.05. The molecule has 2 rings (SSSR count). The third-order valence-electron chi connectivity index (χ3n) is 3.67. The SMILES string of the molecule is CCOc1cc(CNCCCOC)cc(Br)c1OCc1cccc(Cl)c1. The Morgan fingerprint density at radius 2 is 1.96 bits per heavy atom. The minimum atomic E-state index is 0.424. The normalized spacial score (nSPS) is 10.8. The summed E-state index contributed by atoms with van der Waals surface area (Å²) in [6, 6.07) is 11.7. The molecule has 0 saturated carbocycles. The van der Waals surface area contributed by atoms with Gasteiger partial charge in [-0.3, -0.25) is 0 Å². The Hall–Kier alpha value is -1.27. The molecule has 0 saturated heterocycles. The van der Waals surface area contributed by atoms with Crippen LogP contribution < -0.4 is 14.8 Å². The van der Waals surface area contributed by atoms with E-state index in [0.717, 1.165) is 47.5 Å². The standard InChI is InChI=1S/C20H25BrClNO3/c1-3-25-19-12-16(13-23-8-5-9-24-2)11-18(21)20(19)26-14-15-6-4-7-17(22)10-15/h4,6-7,10-12,23H,3,5,8-9,13-14H2,1-2H3. The molecule has 0 bridgehead atoms. The van der Waals surface area contributed by atoms with Gasteiger partial charge in [-0.25, -0.2) is 0 Å². The van der Waals surface area contributed by atoms with Gasteiger partial charge in [-0.2, -0.15) is 0 Å². The molecular weight excluding hydrogens is 418 g/mol. The van der Waals surface area contributed by atoms with E-state index >= 15 is 0 Å². The second-order valence-corrected chi connectivity index (χ2v) is 7.07. The first kappa shape index (κ1) is 21.0. The van der Waals surface area contributed by atoms with Crippen LogP contribution in [-0.4, -0.2) is 26.9 Å². The van der Waals surface area contributed by atoms with Gasteiger partial charge in [0.05, 0.1) is 11.1 Å². The van der Waals surface area contributed by atoms with Crippen LogP contribution in [0.3, 0.4) is 0 Å². The van der Waals surface area contributed by atoms with Gasteiger partial charge in [0.1, 0.15) is 6.61 Å². The molecule has 0 atom stereocenters. The van der Waals surface area contributed by atoms with Crippen molar-refractivity contribution in [2.24, 2.45) is 0 Å². The molecule has 0 spiro atoms. The van der Waals surface area contributed by atoms with Gasteiger partial charge in [-0.15, -0.1) is 0 Å². The molecule has 2 aromatic carbocycles. The highest BCUT2D eigenvalue weighted by Crippen LogP contribution is 2.37. The van der Waals surface area contributed by atoms with Crippen molar-refractivity contribution in [3.8, 4) is 11.5 Å². The van der Waals surface area contributed by atoms with Crippen LogP contribution in [0.15, 0.2) is 40.9 Å². The largest absolute Gasteiger partial charge is 0.490 e. The van der Waals surface area contributed by atoms with Crippen LogP contribution in [-0.2, 0) is 17.9 Å². The van der Waals surface area contributed by atoms with Gasteiger partial charge in [-0.05, 0) is 71.2 Å². The van der Waals surface area contributed by atoms with Crippen molar-refractivity contribution >= 4 is 27.5 Å². The van der Waals surface area contributed by atoms with Crippen LogP contribution in [0.25, 0.3) is 0 Å². The molecule has 0 amide bonds. The summed E-state index contributed by atoms with van der Waals surface area (Å²) in [6.07, 6.45) is 0.983. The molecule has 142 valence electrons. The van der Waals surface area contributed by atoms with Gasteiger partial charge in [0.2, 0.25) is 0 Å². The predicted molar refractivity (Wildman–Crippen MR) is 109 cm³/mol. The first-order valence-electron chi connectivity index (χ1n) is 8.66. The van der Waals surface area contributed by atoms with E-state index in [2.05, 4.69) is 27.3 Å². The van der Waals surface area contributed by atoms with Gasteiger partial charge in [0, 0.05) is 25.3 Å². The summed E-state index contributed by atoms with van der Waals surface area (Å²) in [5.74, 6) is 1.44. The van der Waals surface area contributed by atoms with Crippen LogP contribution in [0.2, 0.25) is 5.02 Å². The maximum absolute atomic E-state index is 6.04. The van der Waals surface area contributed by atoms with Gasteiger partial charge in [-0.1, -0.05) is 23.7 Å². The summed E-state index contributed by atoms with van der Waals surface area (Å²) in [5.41, 5.74) is 2.14. The Kier molecular flexibility index (Phi) is 9.26. The van der Waals surface area contributed by atoms with Crippen molar-refractivity contribution in [1.29, 1.82) is 0 Å². The summed E-state index contributed by atoms with van der Waals surface area (Å²) in [7, 11) is 1.72. The van der Waals surface area contributed by atoms with Gasteiger partial charge >= 0.3 is 0 Å². The fourth-order valence-corrected chi connectivity index (χ4v) is 3.30. The van der Waals surface area contributed by atoms with Crippen molar-refractivity contribution in [2.45, 2.75) is 26.5 Å². The lowest BCUT2D eigenvalue weighted by atomic mass is 10.2. The molecule has 0 aliphatic heterocycles. The molecule has 0 aliphatic rings. The Bertz CT molecular complexity index is 697. The molecule has 0 fully saturated rings. The van der Waals surface area contributed by atoms with E-state index in [4.69, 9.17) is 25.8 Å². The molecule has 0 aliphatic carbocycles. The first-order valence-corrected chi connectivity index (χ1v) is 9.83. The molecule has 2 aromatic rings. The van der Waals surface area contributed by atoms with Crippen molar-refractivity contribution in [3.63, 3.8) is 0 Å². The van der Waals surface area contributed by atoms with Gasteiger partial charge in [0.25, 0.3) is 0 Å². The lowest BCUT2D eigenvalue weighted by Gasteiger charge is -2.16. The number of hydrogen-bond acceptors (Lipinski definition) is 4. The number of rotatable bonds is 11. The quantitative estimate of drug-likeness (QED) is 0.485. The van der Waals surface area contributed by atoms with Crippen LogP contribution in [0.4, 0.5) is 0 Å². The molecule has 4 nitrogen and oxygen atoms in total. The number of methoxy groups -OCH3 is 1. The monoisotopic (exact) mass is 441 g/mol.